The van der Waals surface area contributed by atoms with Crippen LogP contribution < -0.4 is 10.1 Å². The quantitative estimate of drug-likeness (QED) is 0.395. The van der Waals surface area contributed by atoms with E-state index in [2.05, 4.69) is 14.5 Å². The van der Waals surface area contributed by atoms with Crippen LogP contribution in [0.5, 0.6) is 5.75 Å². The van der Waals surface area contributed by atoms with Crippen LogP contribution in [0.3, 0.4) is 0 Å². The summed E-state index contributed by atoms with van der Waals surface area (Å²) >= 11 is 2.02. The summed E-state index contributed by atoms with van der Waals surface area (Å²) in [5, 5.41) is 0.700. The number of pyridine rings is 1. The van der Waals surface area contributed by atoms with Crippen LogP contribution in [0.2, 0.25) is 0 Å². The number of carbonyl (C=O) groups excluding carboxylic acids is 1. The number of Topliss-reactive ketones (excluding diaryl/α,β-unsaturated/α-hetero) is 1. The zero-order valence-corrected chi connectivity index (χ0v) is 12.0. The Bertz CT molecular complexity index is 638. The third-order valence-electron chi connectivity index (χ3n) is 2.41. The Kier molecular flexibility index (Phi) is 3.79. The molecule has 0 bridgehead atoms. The number of benzene rings is 1. The first-order valence-electron chi connectivity index (χ1n) is 4.79. The van der Waals surface area contributed by atoms with Crippen LogP contribution >= 0.6 is 32.1 Å². The highest BCUT2D eigenvalue weighted by atomic mass is 127. The van der Waals surface area contributed by atoms with Crippen molar-refractivity contribution in [3.63, 3.8) is 0 Å². The Hall–Kier alpha value is -0.940. The number of H-pyrrole nitrogens is 1. The molecule has 0 aliphatic carbocycles. The monoisotopic (exact) mass is 361 g/mol. The second-order valence-electron chi connectivity index (χ2n) is 3.40. The lowest BCUT2D eigenvalue weighted by Gasteiger charge is -2.08. The number of halogens is 1. The Morgan fingerprint density at radius 3 is 2.76 bits per heavy atom. The number of hydrogen-bond donors (Lipinski definition) is 1. The van der Waals surface area contributed by atoms with Gasteiger partial charge in [-0.2, -0.15) is 0 Å². The number of fused-ring (bicyclic) bond motifs is 1. The van der Waals surface area contributed by atoms with Crippen LogP contribution in [-0.2, 0) is 0 Å². The molecule has 1 heterocycles. The van der Waals surface area contributed by atoms with Crippen molar-refractivity contribution in [1.82, 2.24) is 4.98 Å². The summed E-state index contributed by atoms with van der Waals surface area (Å²) in [6, 6.07) is 6.42. The number of ketones is 1. The highest BCUT2D eigenvalue weighted by Crippen LogP contribution is 2.27. The van der Waals surface area contributed by atoms with E-state index in [1.165, 1.54) is 6.07 Å². The van der Waals surface area contributed by atoms with Gasteiger partial charge in [0.2, 0.25) is 5.56 Å². The lowest BCUT2D eigenvalue weighted by Crippen LogP contribution is -2.07. The molecule has 2 aromatic rings. The van der Waals surface area contributed by atoms with Gasteiger partial charge in [-0.1, -0.05) is 22.6 Å². The maximum atomic E-state index is 11.8. The molecule has 2 rings (SSSR count). The summed E-state index contributed by atoms with van der Waals surface area (Å²) in [7, 11) is 2.13. The van der Waals surface area contributed by atoms with E-state index in [-0.39, 0.29) is 11.3 Å². The minimum atomic E-state index is -0.222. The molecule has 1 atom stereocenters. The summed E-state index contributed by atoms with van der Waals surface area (Å²) in [6.45, 7) is 0. The number of aromatic amines is 1. The van der Waals surface area contributed by atoms with Crippen molar-refractivity contribution < 1.29 is 9.32 Å². The Morgan fingerprint density at radius 1 is 1.35 bits per heavy atom. The first kappa shape index (κ1) is 12.5. The summed E-state index contributed by atoms with van der Waals surface area (Å²) < 4.78 is 5.48. The molecule has 0 amide bonds. The van der Waals surface area contributed by atoms with E-state index < -0.39 is 0 Å². The fraction of sp³-hybridized carbons (Fsp3) is 0.0909. The lowest BCUT2D eigenvalue weighted by molar-refractivity contribution is 0.102. The number of carbonyl (C=O) groups is 1. The fourth-order valence-electron chi connectivity index (χ4n) is 1.64. The molecule has 1 aromatic carbocycles. The van der Waals surface area contributed by atoms with Crippen LogP contribution in [0, 0.1) is 0 Å². The van der Waals surface area contributed by atoms with Gasteiger partial charge in [-0.25, -0.2) is 0 Å². The van der Waals surface area contributed by atoms with Gasteiger partial charge in [-0.3, -0.25) is 9.59 Å². The van der Waals surface area contributed by atoms with E-state index >= 15 is 0 Å². The average Bonchev–Trinajstić information content (AvgIpc) is 2.36. The number of nitrogens with one attached hydrogen (secondary N) is 1. The summed E-state index contributed by atoms with van der Waals surface area (Å²) in [6.07, 6.45) is 0. The van der Waals surface area contributed by atoms with E-state index in [1.807, 2.05) is 22.6 Å². The molecule has 0 fully saturated rings. The van der Waals surface area contributed by atoms with Crippen LogP contribution in [0.15, 0.2) is 29.1 Å². The molecule has 1 unspecified atom stereocenters. The van der Waals surface area contributed by atoms with Crippen molar-refractivity contribution in [2.45, 2.75) is 0 Å². The van der Waals surface area contributed by atoms with Gasteiger partial charge in [0.1, 0.15) is 5.75 Å². The molecule has 0 spiro atoms. The molecule has 4 nitrogen and oxygen atoms in total. The maximum absolute atomic E-state index is 11.8. The van der Waals surface area contributed by atoms with Crippen LogP contribution in [0.25, 0.3) is 10.9 Å². The molecule has 1 aromatic heterocycles. The van der Waals surface area contributed by atoms with E-state index in [9.17, 15) is 9.59 Å². The maximum Gasteiger partial charge on any atom is 0.248 e. The van der Waals surface area contributed by atoms with Crippen molar-refractivity contribution in [2.24, 2.45) is 0 Å². The third-order valence-corrected chi connectivity index (χ3v) is 3.35. The van der Waals surface area contributed by atoms with Gasteiger partial charge in [0.15, 0.2) is 5.78 Å². The van der Waals surface area contributed by atoms with Gasteiger partial charge in [0.25, 0.3) is 0 Å². The molecule has 0 radical (unpaired) electrons. The molecule has 6 heteroatoms. The standard InChI is InChI=1S/C11H9INO3P/c12-5-8(14)6-1-3-9(16-17)11-7(6)2-4-10(15)13-11/h1-4H,5,17H2,(H,13,15). The summed E-state index contributed by atoms with van der Waals surface area (Å²) in [5.41, 5.74) is 0.916. The number of alkyl halides is 1. The molecule has 1 N–H and O–H groups in total. The molecule has 0 aliphatic rings. The van der Waals surface area contributed by atoms with Gasteiger partial charge in [-0.15, -0.1) is 0 Å². The smallest absolute Gasteiger partial charge is 0.248 e. The van der Waals surface area contributed by atoms with Gasteiger partial charge >= 0.3 is 0 Å². The first-order chi connectivity index (χ1) is 8.17. The van der Waals surface area contributed by atoms with E-state index in [4.69, 9.17) is 4.52 Å². The second kappa shape index (κ2) is 5.14. The second-order valence-corrected chi connectivity index (χ2v) is 4.40. The first-order valence-corrected chi connectivity index (χ1v) is 6.79. The van der Waals surface area contributed by atoms with E-state index in [0.29, 0.717) is 26.6 Å². The van der Waals surface area contributed by atoms with Gasteiger partial charge in [-0.05, 0) is 18.2 Å². The molecule has 0 saturated heterocycles. The predicted octanol–water partition coefficient (Wildman–Crippen LogP) is 2.31. The van der Waals surface area contributed by atoms with Crippen LogP contribution in [-0.4, -0.2) is 15.2 Å². The fourth-order valence-corrected chi connectivity index (χ4v) is 2.25. The van der Waals surface area contributed by atoms with E-state index in [0.717, 1.165) is 0 Å². The minimum Gasteiger partial charge on any atom is -0.478 e. The topological polar surface area (TPSA) is 59.2 Å². The molecule has 0 saturated carbocycles. The Labute approximate surface area is 113 Å². The van der Waals surface area contributed by atoms with Crippen molar-refractivity contribution in [3.05, 3.63) is 40.2 Å². The minimum absolute atomic E-state index is 0.0259. The van der Waals surface area contributed by atoms with E-state index in [1.54, 1.807) is 18.2 Å². The molecule has 88 valence electrons. The predicted molar refractivity (Wildman–Crippen MR) is 78.1 cm³/mol. The average molecular weight is 361 g/mol. The zero-order chi connectivity index (χ0) is 12.4. The van der Waals surface area contributed by atoms with Crippen LogP contribution in [0.4, 0.5) is 0 Å². The van der Waals surface area contributed by atoms with Crippen molar-refractivity contribution in [1.29, 1.82) is 0 Å². The zero-order valence-electron chi connectivity index (χ0n) is 8.70. The SMILES string of the molecule is O=C(CI)c1ccc(OP)c2[nH]c(=O)ccc12. The summed E-state index contributed by atoms with van der Waals surface area (Å²) in [4.78, 5) is 25.7. The highest BCUT2D eigenvalue weighted by Gasteiger charge is 2.12. The number of rotatable bonds is 3. The van der Waals surface area contributed by atoms with Crippen molar-refractivity contribution in [3.8, 4) is 5.75 Å². The third kappa shape index (κ3) is 2.35. The highest BCUT2D eigenvalue weighted by molar-refractivity contribution is 14.1. The van der Waals surface area contributed by atoms with Gasteiger partial charge in [0, 0.05) is 17.0 Å². The van der Waals surface area contributed by atoms with Gasteiger partial charge < -0.3 is 9.51 Å². The molecule has 0 aliphatic heterocycles. The molecular formula is C11H9INO3P. The summed E-state index contributed by atoms with van der Waals surface area (Å²) in [5.74, 6) is 0.547. The Morgan fingerprint density at radius 2 is 2.12 bits per heavy atom. The lowest BCUT2D eigenvalue weighted by atomic mass is 10.0. The van der Waals surface area contributed by atoms with Gasteiger partial charge in [0.05, 0.1) is 19.4 Å². The number of aromatic nitrogens is 1. The number of hydrogen-bond acceptors (Lipinski definition) is 3. The van der Waals surface area contributed by atoms with Crippen molar-refractivity contribution >= 4 is 48.7 Å². The largest absolute Gasteiger partial charge is 0.478 e. The van der Waals surface area contributed by atoms with Crippen LogP contribution in [0.1, 0.15) is 10.4 Å². The normalized spacial score (nSPS) is 10.5. The molecule has 17 heavy (non-hydrogen) atoms. The molecular weight excluding hydrogens is 352 g/mol. The Balaban J connectivity index is 2.82. The van der Waals surface area contributed by atoms with Crippen molar-refractivity contribution in [2.75, 3.05) is 4.43 Å².